The summed E-state index contributed by atoms with van der Waals surface area (Å²) in [5.74, 6) is -2.45. The molecule has 1 aliphatic heterocycles. The van der Waals surface area contributed by atoms with Crippen molar-refractivity contribution in [3.8, 4) is 5.75 Å². The Kier molecular flexibility index (Phi) is 2.73. The zero-order chi connectivity index (χ0) is 12.6. The molecular weight excluding hydrogens is 237 g/mol. The van der Waals surface area contributed by atoms with Gasteiger partial charge in [-0.1, -0.05) is 18.2 Å². The first-order valence-corrected chi connectivity index (χ1v) is 4.94. The Morgan fingerprint density at radius 2 is 2.00 bits per heavy atom. The van der Waals surface area contributed by atoms with Crippen LogP contribution in [0.3, 0.4) is 0 Å². The minimum atomic E-state index is -4.55. The molecule has 0 spiro atoms. The highest BCUT2D eigenvalue weighted by atomic mass is 19.4. The molecule has 0 aliphatic carbocycles. The molecule has 2 atom stereocenters. The molecule has 0 saturated carbocycles. The number of aliphatic carboxylic acids is 1. The first-order valence-electron chi connectivity index (χ1n) is 4.94. The number of rotatable bonds is 1. The summed E-state index contributed by atoms with van der Waals surface area (Å²) in [5, 5.41) is 8.95. The van der Waals surface area contributed by atoms with Crippen molar-refractivity contribution < 1.29 is 27.8 Å². The number of ether oxygens (including phenoxy) is 1. The van der Waals surface area contributed by atoms with E-state index in [1.54, 1.807) is 6.07 Å². The summed E-state index contributed by atoms with van der Waals surface area (Å²) in [7, 11) is 0. The lowest BCUT2D eigenvalue weighted by Gasteiger charge is -2.31. The number of carboxylic acids is 1. The average Bonchev–Trinajstić information content (AvgIpc) is 2.26. The molecule has 6 heteroatoms. The highest BCUT2D eigenvalue weighted by Crippen LogP contribution is 2.41. The normalized spacial score (nSPS) is 23.7. The summed E-state index contributed by atoms with van der Waals surface area (Å²) < 4.78 is 42.5. The molecule has 0 radical (unpaired) electrons. The van der Waals surface area contributed by atoms with E-state index in [4.69, 9.17) is 9.84 Å². The third-order valence-electron chi connectivity index (χ3n) is 2.68. The number of hydrogen-bond acceptors (Lipinski definition) is 2. The Morgan fingerprint density at radius 3 is 2.59 bits per heavy atom. The van der Waals surface area contributed by atoms with Gasteiger partial charge < -0.3 is 9.84 Å². The maximum Gasteiger partial charge on any atom is 0.425 e. The third kappa shape index (κ3) is 2.20. The Labute approximate surface area is 94.8 Å². The maximum absolute atomic E-state index is 12.6. The second-order valence-electron chi connectivity index (χ2n) is 3.81. The first kappa shape index (κ1) is 11.8. The quantitative estimate of drug-likeness (QED) is 0.828. The van der Waals surface area contributed by atoms with Crippen LogP contribution in [-0.2, 0) is 4.79 Å². The molecule has 0 saturated heterocycles. The molecule has 1 N–H and O–H groups in total. The van der Waals surface area contributed by atoms with Crippen LogP contribution < -0.4 is 4.74 Å². The number of alkyl halides is 3. The van der Waals surface area contributed by atoms with E-state index in [1.807, 2.05) is 0 Å². The van der Waals surface area contributed by atoms with E-state index in [2.05, 4.69) is 0 Å². The van der Waals surface area contributed by atoms with Crippen LogP contribution in [0.2, 0.25) is 0 Å². The van der Waals surface area contributed by atoms with Crippen molar-refractivity contribution in [1.29, 1.82) is 0 Å². The molecular formula is C11H9F3O3. The van der Waals surface area contributed by atoms with E-state index in [9.17, 15) is 18.0 Å². The second kappa shape index (κ2) is 3.94. The van der Waals surface area contributed by atoms with E-state index >= 15 is 0 Å². The molecule has 1 aromatic rings. The van der Waals surface area contributed by atoms with Crippen LogP contribution in [0.4, 0.5) is 13.2 Å². The van der Waals surface area contributed by atoms with Gasteiger partial charge in [0.25, 0.3) is 0 Å². The van der Waals surface area contributed by atoms with Crippen LogP contribution >= 0.6 is 0 Å². The Balaban J connectivity index is 2.40. The molecule has 0 amide bonds. The number of carbonyl (C=O) groups is 1. The van der Waals surface area contributed by atoms with Gasteiger partial charge in [-0.2, -0.15) is 13.2 Å². The lowest BCUT2D eigenvalue weighted by Crippen LogP contribution is -2.40. The van der Waals surface area contributed by atoms with Gasteiger partial charge in [0.15, 0.2) is 6.10 Å². The third-order valence-corrected chi connectivity index (χ3v) is 2.68. The first-order chi connectivity index (χ1) is 7.89. The molecule has 0 aromatic heterocycles. The van der Waals surface area contributed by atoms with Crippen molar-refractivity contribution in [2.45, 2.75) is 24.6 Å². The van der Waals surface area contributed by atoms with Crippen LogP contribution in [0.25, 0.3) is 0 Å². The molecule has 0 fully saturated rings. The van der Waals surface area contributed by atoms with Gasteiger partial charge in [0.1, 0.15) is 5.75 Å². The van der Waals surface area contributed by atoms with Crippen LogP contribution in [0, 0.1) is 0 Å². The largest absolute Gasteiger partial charge is 0.481 e. The van der Waals surface area contributed by atoms with Crippen LogP contribution in [0.5, 0.6) is 5.75 Å². The standard InChI is InChI=1S/C11H9F3O3/c12-11(13,14)9-5-7(10(15)16)6-3-1-2-4-8(6)17-9/h1-4,7,9H,5H2,(H,15,16). The number of benzene rings is 1. The molecule has 3 nitrogen and oxygen atoms in total. The number of para-hydroxylation sites is 1. The zero-order valence-corrected chi connectivity index (χ0v) is 8.57. The number of halogens is 3. The van der Waals surface area contributed by atoms with E-state index in [0.29, 0.717) is 5.56 Å². The summed E-state index contributed by atoms with van der Waals surface area (Å²) in [6, 6.07) is 5.91. The number of carboxylic acid groups (broad SMARTS) is 1. The number of fused-ring (bicyclic) bond motifs is 1. The minimum Gasteiger partial charge on any atom is -0.481 e. The van der Waals surface area contributed by atoms with Crippen molar-refractivity contribution in [2.24, 2.45) is 0 Å². The van der Waals surface area contributed by atoms with Crippen molar-refractivity contribution >= 4 is 5.97 Å². The summed E-state index contributed by atoms with van der Waals surface area (Å²) >= 11 is 0. The van der Waals surface area contributed by atoms with Gasteiger partial charge in [-0.15, -0.1) is 0 Å². The molecule has 1 aliphatic rings. The van der Waals surface area contributed by atoms with Gasteiger partial charge in [0, 0.05) is 12.0 Å². The van der Waals surface area contributed by atoms with Gasteiger partial charge >= 0.3 is 12.1 Å². The SMILES string of the molecule is O=C(O)C1CC(C(F)(F)F)Oc2ccccc21. The van der Waals surface area contributed by atoms with Crippen molar-refractivity contribution in [3.63, 3.8) is 0 Å². The lowest BCUT2D eigenvalue weighted by molar-refractivity contribution is -0.201. The van der Waals surface area contributed by atoms with E-state index in [-0.39, 0.29) is 5.75 Å². The number of hydrogen-bond donors (Lipinski definition) is 1. The fourth-order valence-electron chi connectivity index (χ4n) is 1.85. The summed E-state index contributed by atoms with van der Waals surface area (Å²) in [6.45, 7) is 0. The van der Waals surface area contributed by atoms with Crippen molar-refractivity contribution in [3.05, 3.63) is 29.8 Å². The summed E-state index contributed by atoms with van der Waals surface area (Å²) in [6.07, 6.45) is -7.20. The summed E-state index contributed by atoms with van der Waals surface area (Å²) in [4.78, 5) is 11.0. The van der Waals surface area contributed by atoms with Crippen LogP contribution in [0.1, 0.15) is 17.9 Å². The van der Waals surface area contributed by atoms with Crippen LogP contribution in [0.15, 0.2) is 24.3 Å². The monoisotopic (exact) mass is 246 g/mol. The fraction of sp³-hybridized carbons (Fsp3) is 0.364. The predicted molar refractivity (Wildman–Crippen MR) is 51.9 cm³/mol. The molecule has 0 bridgehead atoms. The maximum atomic E-state index is 12.6. The van der Waals surface area contributed by atoms with Crippen molar-refractivity contribution in [1.82, 2.24) is 0 Å². The molecule has 17 heavy (non-hydrogen) atoms. The second-order valence-corrected chi connectivity index (χ2v) is 3.81. The van der Waals surface area contributed by atoms with Crippen LogP contribution in [-0.4, -0.2) is 23.4 Å². The Hall–Kier alpha value is -1.72. The molecule has 92 valence electrons. The molecule has 2 unspecified atom stereocenters. The molecule has 1 aromatic carbocycles. The lowest BCUT2D eigenvalue weighted by atomic mass is 9.89. The highest BCUT2D eigenvalue weighted by Gasteiger charge is 2.47. The predicted octanol–water partition coefficient (Wildman–Crippen LogP) is 2.57. The Morgan fingerprint density at radius 1 is 1.35 bits per heavy atom. The minimum absolute atomic E-state index is 0.00604. The van der Waals surface area contributed by atoms with Gasteiger partial charge in [-0.05, 0) is 6.07 Å². The van der Waals surface area contributed by atoms with E-state index < -0.39 is 30.6 Å². The smallest absolute Gasteiger partial charge is 0.425 e. The Bertz CT molecular complexity index is 442. The molecule has 2 rings (SSSR count). The highest BCUT2D eigenvalue weighted by molar-refractivity contribution is 5.77. The van der Waals surface area contributed by atoms with Gasteiger partial charge in [-0.25, -0.2) is 0 Å². The van der Waals surface area contributed by atoms with Gasteiger partial charge in [0.2, 0.25) is 0 Å². The molecule has 1 heterocycles. The zero-order valence-electron chi connectivity index (χ0n) is 8.57. The summed E-state index contributed by atoms with van der Waals surface area (Å²) in [5.41, 5.74) is 0.292. The van der Waals surface area contributed by atoms with E-state index in [0.717, 1.165) is 0 Å². The fourth-order valence-corrected chi connectivity index (χ4v) is 1.85. The van der Waals surface area contributed by atoms with E-state index in [1.165, 1.54) is 18.2 Å². The topological polar surface area (TPSA) is 46.5 Å². The van der Waals surface area contributed by atoms with Gasteiger partial charge in [-0.3, -0.25) is 4.79 Å². The van der Waals surface area contributed by atoms with Gasteiger partial charge in [0.05, 0.1) is 5.92 Å². The van der Waals surface area contributed by atoms with Crippen molar-refractivity contribution in [2.75, 3.05) is 0 Å². The average molecular weight is 246 g/mol.